The van der Waals surface area contributed by atoms with E-state index in [1.165, 1.54) is 6.26 Å². The largest absolute Gasteiger partial charge is 0.346 e. The van der Waals surface area contributed by atoms with E-state index in [2.05, 4.69) is 25.4 Å². The Hall–Kier alpha value is -1.68. The first-order valence-electron chi connectivity index (χ1n) is 8.17. The summed E-state index contributed by atoms with van der Waals surface area (Å²) in [4.78, 5) is 7.52. The average Bonchev–Trinajstić information content (AvgIpc) is 3.18. The smallest absolute Gasteiger partial charge is 0.210 e. The third-order valence-electron chi connectivity index (χ3n) is 4.79. The first-order chi connectivity index (χ1) is 11.5. The number of hydrazine groups is 1. The van der Waals surface area contributed by atoms with Gasteiger partial charge < -0.3 is 15.7 Å². The van der Waals surface area contributed by atoms with Gasteiger partial charge in [0.1, 0.15) is 5.65 Å². The highest BCUT2D eigenvalue weighted by molar-refractivity contribution is 7.88. The molecular weight excluding hydrogens is 328 g/mol. The molecule has 0 spiro atoms. The first-order valence-corrected chi connectivity index (χ1v) is 10.1. The maximum atomic E-state index is 11.9. The van der Waals surface area contributed by atoms with Crippen LogP contribution in [0, 0.1) is 5.92 Å². The maximum Gasteiger partial charge on any atom is 0.210 e. The monoisotopic (exact) mass is 350 g/mol. The Labute approximate surface area is 141 Å². The van der Waals surface area contributed by atoms with E-state index in [1.54, 1.807) is 6.20 Å². The summed E-state index contributed by atoms with van der Waals surface area (Å²) in [6, 6.07) is 2.01. The molecule has 2 aliphatic heterocycles. The second-order valence-electron chi connectivity index (χ2n) is 6.55. The van der Waals surface area contributed by atoms with Gasteiger partial charge in [-0.1, -0.05) is 0 Å². The van der Waals surface area contributed by atoms with E-state index in [0.29, 0.717) is 6.54 Å². The fourth-order valence-electron chi connectivity index (χ4n) is 3.66. The van der Waals surface area contributed by atoms with E-state index in [9.17, 15) is 8.42 Å². The Morgan fingerprint density at radius 3 is 2.92 bits per heavy atom. The van der Waals surface area contributed by atoms with Crippen molar-refractivity contribution < 1.29 is 8.42 Å². The summed E-state index contributed by atoms with van der Waals surface area (Å²) in [6.07, 6.45) is 6.51. The SMILES string of the molecule is CS(=O)(=O)NC(C1CCNCC1)N1Cc2c(cnc3[nH]ccc23)N1. The molecule has 4 rings (SSSR count). The van der Waals surface area contributed by atoms with Crippen molar-refractivity contribution in [2.75, 3.05) is 24.8 Å². The van der Waals surface area contributed by atoms with Crippen molar-refractivity contribution in [2.24, 2.45) is 5.92 Å². The van der Waals surface area contributed by atoms with Crippen LogP contribution in [0.5, 0.6) is 0 Å². The molecule has 0 bridgehead atoms. The lowest BCUT2D eigenvalue weighted by Crippen LogP contribution is -2.54. The van der Waals surface area contributed by atoms with Gasteiger partial charge >= 0.3 is 0 Å². The second kappa shape index (κ2) is 5.99. The van der Waals surface area contributed by atoms with Crippen molar-refractivity contribution >= 4 is 26.7 Å². The average molecular weight is 350 g/mol. The number of nitrogens with one attached hydrogen (secondary N) is 4. The number of H-pyrrole nitrogens is 1. The van der Waals surface area contributed by atoms with Gasteiger partial charge in [-0.25, -0.2) is 18.4 Å². The molecule has 0 aromatic carbocycles. The van der Waals surface area contributed by atoms with E-state index < -0.39 is 10.0 Å². The van der Waals surface area contributed by atoms with Gasteiger partial charge in [-0.15, -0.1) is 0 Å². The fraction of sp³-hybridized carbons (Fsp3) is 0.533. The molecule has 0 amide bonds. The first kappa shape index (κ1) is 15.8. The van der Waals surface area contributed by atoms with Crippen molar-refractivity contribution in [3.63, 3.8) is 0 Å². The molecular formula is C15H22N6O2S. The standard InChI is InChI=1S/C15H22N6O2S/c1-24(22,23)20-15(10-2-5-16-6-3-10)21-9-12-11-4-7-17-14(11)18-8-13(12)19-21/h4,7-8,10,15-16,19-20H,2-3,5-6,9H2,1H3,(H,17,18). The molecule has 130 valence electrons. The van der Waals surface area contributed by atoms with Crippen LogP contribution in [0.25, 0.3) is 11.0 Å². The molecule has 0 radical (unpaired) electrons. The van der Waals surface area contributed by atoms with Crippen LogP contribution in [-0.4, -0.2) is 48.9 Å². The second-order valence-corrected chi connectivity index (χ2v) is 8.33. The third-order valence-corrected chi connectivity index (χ3v) is 5.46. The van der Waals surface area contributed by atoms with Crippen LogP contribution in [0.2, 0.25) is 0 Å². The van der Waals surface area contributed by atoms with Gasteiger partial charge in [0.25, 0.3) is 0 Å². The van der Waals surface area contributed by atoms with Gasteiger partial charge in [0.15, 0.2) is 0 Å². The predicted octanol–water partition coefficient (Wildman–Crippen LogP) is 0.580. The number of rotatable bonds is 4. The molecule has 8 nitrogen and oxygen atoms in total. The minimum Gasteiger partial charge on any atom is -0.346 e. The summed E-state index contributed by atoms with van der Waals surface area (Å²) in [6.45, 7) is 2.47. The van der Waals surface area contributed by atoms with E-state index in [1.807, 2.05) is 17.3 Å². The zero-order valence-corrected chi connectivity index (χ0v) is 14.4. The summed E-state index contributed by atoms with van der Waals surface area (Å²) in [7, 11) is -3.30. The van der Waals surface area contributed by atoms with Crippen molar-refractivity contribution in [1.29, 1.82) is 0 Å². The van der Waals surface area contributed by atoms with Gasteiger partial charge in [0.05, 0.1) is 24.3 Å². The Morgan fingerprint density at radius 1 is 1.38 bits per heavy atom. The molecule has 1 unspecified atom stereocenters. The Morgan fingerprint density at radius 2 is 2.17 bits per heavy atom. The molecule has 0 saturated carbocycles. The number of aromatic nitrogens is 2. The van der Waals surface area contributed by atoms with Gasteiger partial charge in [-0.3, -0.25) is 0 Å². The number of sulfonamides is 1. The molecule has 9 heteroatoms. The van der Waals surface area contributed by atoms with E-state index >= 15 is 0 Å². The number of pyridine rings is 1. The predicted molar refractivity (Wildman–Crippen MR) is 92.6 cm³/mol. The van der Waals surface area contributed by atoms with Crippen LogP contribution >= 0.6 is 0 Å². The highest BCUT2D eigenvalue weighted by Gasteiger charge is 2.35. The minimum absolute atomic E-state index is 0.262. The maximum absolute atomic E-state index is 11.9. The van der Waals surface area contributed by atoms with Crippen LogP contribution in [0.3, 0.4) is 0 Å². The topological polar surface area (TPSA) is 102 Å². The molecule has 0 aliphatic carbocycles. The van der Waals surface area contributed by atoms with E-state index in [0.717, 1.165) is 48.2 Å². The lowest BCUT2D eigenvalue weighted by atomic mass is 9.95. The van der Waals surface area contributed by atoms with Gasteiger partial charge in [-0.05, 0) is 37.9 Å². The zero-order chi connectivity index (χ0) is 16.7. The molecule has 1 saturated heterocycles. The number of fused-ring (bicyclic) bond motifs is 3. The molecule has 2 aromatic rings. The number of aromatic amines is 1. The molecule has 2 aromatic heterocycles. The number of piperidine rings is 1. The highest BCUT2D eigenvalue weighted by atomic mass is 32.2. The van der Waals surface area contributed by atoms with Crippen molar-refractivity contribution in [2.45, 2.75) is 25.6 Å². The van der Waals surface area contributed by atoms with Crippen LogP contribution < -0.4 is 15.5 Å². The summed E-state index contributed by atoms with van der Waals surface area (Å²) in [5.41, 5.74) is 6.29. The normalized spacial score (nSPS) is 20.9. The summed E-state index contributed by atoms with van der Waals surface area (Å²) in [5.74, 6) is 0.262. The fourth-order valence-corrected chi connectivity index (χ4v) is 4.41. The van der Waals surface area contributed by atoms with E-state index in [-0.39, 0.29) is 12.1 Å². The number of anilines is 1. The van der Waals surface area contributed by atoms with Crippen LogP contribution in [-0.2, 0) is 16.6 Å². The molecule has 2 aliphatic rings. The van der Waals surface area contributed by atoms with Gasteiger partial charge in [-0.2, -0.15) is 4.72 Å². The van der Waals surface area contributed by atoms with Gasteiger partial charge in [0, 0.05) is 23.7 Å². The number of hydrogen-bond acceptors (Lipinski definition) is 6. The van der Waals surface area contributed by atoms with Crippen molar-refractivity contribution in [3.05, 3.63) is 24.0 Å². The summed E-state index contributed by atoms with van der Waals surface area (Å²) >= 11 is 0. The molecule has 4 heterocycles. The third kappa shape index (κ3) is 3.00. The minimum atomic E-state index is -3.30. The Bertz CT molecular complexity index is 843. The number of nitrogens with zero attached hydrogens (tertiary/aromatic N) is 2. The number of hydrogen-bond donors (Lipinski definition) is 4. The van der Waals surface area contributed by atoms with Crippen LogP contribution in [0.1, 0.15) is 18.4 Å². The summed E-state index contributed by atoms with van der Waals surface area (Å²) in [5, 5.41) is 6.40. The molecule has 1 fully saturated rings. The Balaban J connectivity index is 1.63. The van der Waals surface area contributed by atoms with Crippen LogP contribution in [0.4, 0.5) is 5.69 Å². The van der Waals surface area contributed by atoms with Crippen molar-refractivity contribution in [3.8, 4) is 0 Å². The summed E-state index contributed by atoms with van der Waals surface area (Å²) < 4.78 is 26.6. The lowest BCUT2D eigenvalue weighted by molar-refractivity contribution is 0.139. The van der Waals surface area contributed by atoms with Crippen molar-refractivity contribution in [1.82, 2.24) is 25.0 Å². The van der Waals surface area contributed by atoms with Gasteiger partial charge in [0.2, 0.25) is 10.0 Å². The zero-order valence-electron chi connectivity index (χ0n) is 13.5. The highest BCUT2D eigenvalue weighted by Crippen LogP contribution is 2.33. The molecule has 24 heavy (non-hydrogen) atoms. The molecule has 4 N–H and O–H groups in total. The Kier molecular flexibility index (Phi) is 3.95. The lowest BCUT2D eigenvalue weighted by Gasteiger charge is -2.36. The van der Waals surface area contributed by atoms with E-state index in [4.69, 9.17) is 0 Å². The van der Waals surface area contributed by atoms with Crippen LogP contribution in [0.15, 0.2) is 18.5 Å². The molecule has 1 atom stereocenters. The quantitative estimate of drug-likeness (QED) is 0.643.